The number of hydrogen-bond acceptors (Lipinski definition) is 4. The number of likely N-dealkylation sites (tertiary alicyclic amines) is 1. The Balaban J connectivity index is 1.53. The van der Waals surface area contributed by atoms with Gasteiger partial charge in [0.05, 0.1) is 20.6 Å². The number of piperidine rings is 1. The maximum atomic E-state index is 12.6. The lowest BCUT2D eigenvalue weighted by atomic mass is 9.95. The number of carbonyl (C=O) groups excluding carboxylic acids is 2. The number of hydrogen-bond donors (Lipinski definition) is 1. The van der Waals surface area contributed by atoms with Crippen molar-refractivity contribution < 1.29 is 19.1 Å². The van der Waals surface area contributed by atoms with E-state index in [-0.39, 0.29) is 17.7 Å². The zero-order chi connectivity index (χ0) is 20.8. The average Bonchev–Trinajstić information content (AvgIpc) is 2.75. The second-order valence-corrected chi connectivity index (χ2v) is 7.32. The fourth-order valence-electron chi connectivity index (χ4n) is 3.63. The first-order valence-electron chi connectivity index (χ1n) is 9.87. The van der Waals surface area contributed by atoms with Crippen molar-refractivity contribution in [2.24, 2.45) is 5.92 Å². The van der Waals surface area contributed by atoms with E-state index in [1.807, 2.05) is 36.1 Å². The van der Waals surface area contributed by atoms with Crippen molar-refractivity contribution in [2.75, 3.05) is 32.6 Å². The molecule has 1 aliphatic heterocycles. The topological polar surface area (TPSA) is 67.9 Å². The molecule has 2 aromatic carbocycles. The summed E-state index contributed by atoms with van der Waals surface area (Å²) in [6.45, 7) is 3.23. The molecule has 0 aromatic heterocycles. The van der Waals surface area contributed by atoms with Gasteiger partial charge in [-0.15, -0.1) is 0 Å². The molecular formula is C23H28N2O4. The van der Waals surface area contributed by atoms with Crippen LogP contribution in [0, 0.1) is 12.8 Å². The van der Waals surface area contributed by atoms with Crippen LogP contribution in [0.5, 0.6) is 11.5 Å². The van der Waals surface area contributed by atoms with Crippen molar-refractivity contribution >= 4 is 17.5 Å². The quantitative estimate of drug-likeness (QED) is 0.812. The summed E-state index contributed by atoms with van der Waals surface area (Å²) < 4.78 is 10.5. The van der Waals surface area contributed by atoms with E-state index in [4.69, 9.17) is 9.47 Å². The molecule has 29 heavy (non-hydrogen) atoms. The van der Waals surface area contributed by atoms with Crippen LogP contribution in [-0.2, 0) is 16.0 Å². The molecule has 0 bridgehead atoms. The molecule has 6 heteroatoms. The molecular weight excluding hydrogens is 368 g/mol. The van der Waals surface area contributed by atoms with Crippen LogP contribution in [0.15, 0.2) is 42.5 Å². The van der Waals surface area contributed by atoms with Gasteiger partial charge < -0.3 is 19.7 Å². The highest BCUT2D eigenvalue weighted by Gasteiger charge is 2.27. The Morgan fingerprint density at radius 3 is 2.38 bits per heavy atom. The highest BCUT2D eigenvalue weighted by atomic mass is 16.5. The van der Waals surface area contributed by atoms with Gasteiger partial charge in [-0.3, -0.25) is 9.59 Å². The maximum Gasteiger partial charge on any atom is 0.227 e. The highest BCUT2D eigenvalue weighted by Crippen LogP contribution is 2.30. The molecule has 0 aliphatic carbocycles. The summed E-state index contributed by atoms with van der Waals surface area (Å²) in [6.07, 6.45) is 1.74. The third-order valence-electron chi connectivity index (χ3n) is 5.47. The second kappa shape index (κ2) is 9.45. The lowest BCUT2D eigenvalue weighted by Crippen LogP contribution is -2.42. The molecule has 1 heterocycles. The minimum absolute atomic E-state index is 0.0248. The van der Waals surface area contributed by atoms with E-state index >= 15 is 0 Å². The standard InChI is InChI=1S/C23H28N2O4/c1-16-6-4-5-7-18(16)14-22(26)25-12-10-17(11-13-25)23(27)24-19-8-9-20(28-2)21(15-19)29-3/h4-9,15,17H,10-14H2,1-3H3,(H,24,27). The van der Waals surface area contributed by atoms with Crippen LogP contribution in [-0.4, -0.2) is 44.0 Å². The zero-order valence-corrected chi connectivity index (χ0v) is 17.2. The van der Waals surface area contributed by atoms with Crippen molar-refractivity contribution in [1.82, 2.24) is 4.90 Å². The zero-order valence-electron chi connectivity index (χ0n) is 17.2. The highest BCUT2D eigenvalue weighted by molar-refractivity contribution is 5.93. The van der Waals surface area contributed by atoms with Crippen LogP contribution in [0.2, 0.25) is 0 Å². The van der Waals surface area contributed by atoms with Gasteiger partial charge in [-0.1, -0.05) is 24.3 Å². The third-order valence-corrected chi connectivity index (χ3v) is 5.47. The Morgan fingerprint density at radius 1 is 1.03 bits per heavy atom. The number of methoxy groups -OCH3 is 2. The van der Waals surface area contributed by atoms with E-state index in [1.165, 1.54) is 0 Å². The molecule has 2 amide bonds. The van der Waals surface area contributed by atoms with E-state index in [9.17, 15) is 9.59 Å². The fraction of sp³-hybridized carbons (Fsp3) is 0.391. The molecule has 0 unspecified atom stereocenters. The van der Waals surface area contributed by atoms with E-state index in [1.54, 1.807) is 32.4 Å². The van der Waals surface area contributed by atoms with Crippen molar-refractivity contribution in [3.63, 3.8) is 0 Å². The summed E-state index contributed by atoms with van der Waals surface area (Å²) in [6, 6.07) is 13.3. The summed E-state index contributed by atoms with van der Waals surface area (Å²) in [5, 5.41) is 2.95. The van der Waals surface area contributed by atoms with Gasteiger partial charge in [0.1, 0.15) is 0 Å². The minimum atomic E-state index is -0.106. The number of nitrogens with one attached hydrogen (secondary N) is 1. The number of aryl methyl sites for hydroxylation is 1. The predicted molar refractivity (Wildman–Crippen MR) is 112 cm³/mol. The van der Waals surface area contributed by atoms with Crippen LogP contribution in [0.1, 0.15) is 24.0 Å². The fourth-order valence-corrected chi connectivity index (χ4v) is 3.63. The van der Waals surface area contributed by atoms with Gasteiger partial charge in [-0.25, -0.2) is 0 Å². The first kappa shape index (κ1) is 20.7. The van der Waals surface area contributed by atoms with Gasteiger partial charge in [-0.2, -0.15) is 0 Å². The third kappa shape index (κ3) is 5.08. The number of anilines is 1. The van der Waals surface area contributed by atoms with Crippen LogP contribution >= 0.6 is 0 Å². The van der Waals surface area contributed by atoms with Crippen molar-refractivity contribution in [2.45, 2.75) is 26.2 Å². The second-order valence-electron chi connectivity index (χ2n) is 7.32. The molecule has 2 aromatic rings. The molecule has 0 atom stereocenters. The van der Waals surface area contributed by atoms with Crippen LogP contribution in [0.25, 0.3) is 0 Å². The number of ether oxygens (including phenoxy) is 2. The van der Waals surface area contributed by atoms with Gasteiger partial charge in [0.2, 0.25) is 11.8 Å². The molecule has 154 valence electrons. The molecule has 0 spiro atoms. The average molecular weight is 396 g/mol. The van der Waals surface area contributed by atoms with Crippen molar-refractivity contribution in [3.05, 3.63) is 53.6 Å². The van der Waals surface area contributed by atoms with Gasteiger partial charge in [-0.05, 0) is 43.0 Å². The van der Waals surface area contributed by atoms with Crippen LogP contribution in [0.3, 0.4) is 0 Å². The Bertz CT molecular complexity index is 873. The lowest BCUT2D eigenvalue weighted by molar-refractivity contribution is -0.133. The first-order valence-corrected chi connectivity index (χ1v) is 9.87. The normalized spacial score (nSPS) is 14.4. The maximum absolute atomic E-state index is 12.6. The Labute approximate surface area is 171 Å². The molecule has 0 saturated carbocycles. The first-order chi connectivity index (χ1) is 14.0. The summed E-state index contributed by atoms with van der Waals surface area (Å²) in [5.74, 6) is 1.18. The summed E-state index contributed by atoms with van der Waals surface area (Å²) in [4.78, 5) is 27.1. The van der Waals surface area contributed by atoms with Crippen molar-refractivity contribution in [1.29, 1.82) is 0 Å². The van der Waals surface area contributed by atoms with E-state index in [2.05, 4.69) is 5.32 Å². The number of amides is 2. The molecule has 6 nitrogen and oxygen atoms in total. The Morgan fingerprint density at radius 2 is 1.72 bits per heavy atom. The Hall–Kier alpha value is -3.02. The van der Waals surface area contributed by atoms with Gasteiger partial charge in [0, 0.05) is 30.8 Å². The number of nitrogens with zero attached hydrogens (tertiary/aromatic N) is 1. The largest absolute Gasteiger partial charge is 0.493 e. The van der Waals surface area contributed by atoms with Crippen molar-refractivity contribution in [3.8, 4) is 11.5 Å². The smallest absolute Gasteiger partial charge is 0.227 e. The lowest BCUT2D eigenvalue weighted by Gasteiger charge is -2.31. The number of rotatable bonds is 6. The summed E-state index contributed by atoms with van der Waals surface area (Å²) >= 11 is 0. The van der Waals surface area contributed by atoms with Gasteiger partial charge in [0.25, 0.3) is 0 Å². The molecule has 0 radical (unpaired) electrons. The Kier molecular flexibility index (Phi) is 6.75. The summed E-state index contributed by atoms with van der Waals surface area (Å²) in [5.41, 5.74) is 2.86. The molecule has 1 N–H and O–H groups in total. The van der Waals surface area contributed by atoms with E-state index in [0.717, 1.165) is 11.1 Å². The van der Waals surface area contributed by atoms with E-state index in [0.29, 0.717) is 49.5 Å². The van der Waals surface area contributed by atoms with Crippen LogP contribution in [0.4, 0.5) is 5.69 Å². The van der Waals surface area contributed by atoms with E-state index < -0.39 is 0 Å². The summed E-state index contributed by atoms with van der Waals surface area (Å²) in [7, 11) is 3.14. The van der Waals surface area contributed by atoms with Gasteiger partial charge >= 0.3 is 0 Å². The number of benzene rings is 2. The molecule has 1 aliphatic rings. The predicted octanol–water partition coefficient (Wildman–Crippen LogP) is 3.43. The molecule has 1 fully saturated rings. The SMILES string of the molecule is COc1ccc(NC(=O)C2CCN(C(=O)Cc3ccccc3C)CC2)cc1OC. The van der Waals surface area contributed by atoms with Crippen LogP contribution < -0.4 is 14.8 Å². The molecule has 1 saturated heterocycles. The van der Waals surface area contributed by atoms with Gasteiger partial charge in [0.15, 0.2) is 11.5 Å². The monoisotopic (exact) mass is 396 g/mol. The molecule has 3 rings (SSSR count). The number of carbonyl (C=O) groups is 2. The minimum Gasteiger partial charge on any atom is -0.493 e.